The molecule has 1 aliphatic rings. The maximum absolute atomic E-state index is 12.7. The molecule has 25 heavy (non-hydrogen) atoms. The summed E-state index contributed by atoms with van der Waals surface area (Å²) in [7, 11) is 0. The number of nitrogens with two attached hydrogens (primary N) is 1. The van der Waals surface area contributed by atoms with Gasteiger partial charge in [0, 0.05) is 6.54 Å². The number of carbonyl (C=O) groups is 1. The third-order valence-electron chi connectivity index (χ3n) is 4.98. The number of phenols is 2. The van der Waals surface area contributed by atoms with Gasteiger partial charge in [-0.3, -0.25) is 4.79 Å². The number of hydrogen-bond acceptors (Lipinski definition) is 4. The molecular weight excluding hydrogens is 340 g/mol. The van der Waals surface area contributed by atoms with Crippen molar-refractivity contribution in [3.8, 4) is 11.5 Å². The van der Waals surface area contributed by atoms with E-state index in [0.29, 0.717) is 37.1 Å². The van der Waals surface area contributed by atoms with E-state index in [1.54, 1.807) is 12.1 Å². The summed E-state index contributed by atoms with van der Waals surface area (Å²) in [6, 6.07) is 8.30. The highest BCUT2D eigenvalue weighted by molar-refractivity contribution is 6.33. The third-order valence-corrected chi connectivity index (χ3v) is 5.39. The standard InChI is InChI=1S/C19H21ClN2O3/c1-2-11-9-15-14(16(20)17(11)24)7-8-22-10-19(15,18(21)25)12-3-5-13(23)6-4-12/h3-6,9,22-24H,2,7-8,10H2,1H3,(H2,21,25). The van der Waals surface area contributed by atoms with Crippen LogP contribution in [0.4, 0.5) is 0 Å². The van der Waals surface area contributed by atoms with E-state index in [0.717, 1.165) is 11.1 Å². The van der Waals surface area contributed by atoms with Crippen molar-refractivity contribution >= 4 is 17.5 Å². The van der Waals surface area contributed by atoms with Crippen molar-refractivity contribution < 1.29 is 15.0 Å². The van der Waals surface area contributed by atoms with Gasteiger partial charge in [-0.05, 0) is 53.8 Å². The SMILES string of the molecule is CCc1cc2c(c(Cl)c1O)CCNCC2(C(N)=O)c1ccc(O)cc1. The first-order valence-corrected chi connectivity index (χ1v) is 8.63. The average Bonchev–Trinajstić information content (AvgIpc) is 2.79. The Morgan fingerprint density at radius 3 is 2.60 bits per heavy atom. The molecule has 1 unspecified atom stereocenters. The van der Waals surface area contributed by atoms with Crippen molar-refractivity contribution in [3.63, 3.8) is 0 Å². The van der Waals surface area contributed by atoms with Crippen LogP contribution in [0.2, 0.25) is 5.02 Å². The topological polar surface area (TPSA) is 95.6 Å². The maximum atomic E-state index is 12.7. The summed E-state index contributed by atoms with van der Waals surface area (Å²) in [5.41, 5.74) is 7.57. The van der Waals surface area contributed by atoms with Gasteiger partial charge < -0.3 is 21.3 Å². The van der Waals surface area contributed by atoms with Gasteiger partial charge in [-0.2, -0.15) is 0 Å². The van der Waals surface area contributed by atoms with Gasteiger partial charge in [0.15, 0.2) is 0 Å². The molecule has 1 amide bonds. The largest absolute Gasteiger partial charge is 0.508 e. The number of nitrogens with one attached hydrogen (secondary N) is 1. The molecule has 0 saturated carbocycles. The quantitative estimate of drug-likeness (QED) is 0.675. The zero-order valence-electron chi connectivity index (χ0n) is 14.0. The fraction of sp³-hybridized carbons (Fsp3) is 0.316. The zero-order chi connectivity index (χ0) is 18.2. The number of phenolic OH excluding ortho intramolecular Hbond substituents is 2. The molecule has 6 heteroatoms. The van der Waals surface area contributed by atoms with Crippen molar-refractivity contribution in [2.45, 2.75) is 25.2 Å². The van der Waals surface area contributed by atoms with Gasteiger partial charge in [-0.1, -0.05) is 36.7 Å². The highest BCUT2D eigenvalue weighted by atomic mass is 35.5. The molecule has 0 aliphatic carbocycles. The number of primary amides is 1. The fourth-order valence-electron chi connectivity index (χ4n) is 3.58. The Hall–Kier alpha value is -2.24. The van der Waals surface area contributed by atoms with E-state index in [1.807, 2.05) is 13.0 Å². The Kier molecular flexibility index (Phi) is 4.62. The Balaban J connectivity index is 2.36. The van der Waals surface area contributed by atoms with Gasteiger partial charge in [-0.15, -0.1) is 0 Å². The lowest BCUT2D eigenvalue weighted by Crippen LogP contribution is -2.49. The molecular formula is C19H21ClN2O3. The van der Waals surface area contributed by atoms with E-state index in [4.69, 9.17) is 17.3 Å². The van der Waals surface area contributed by atoms with Crippen molar-refractivity contribution in [1.82, 2.24) is 5.32 Å². The highest BCUT2D eigenvalue weighted by Crippen LogP contribution is 2.43. The first-order chi connectivity index (χ1) is 11.9. The van der Waals surface area contributed by atoms with Crippen LogP contribution in [0.25, 0.3) is 0 Å². The molecule has 0 saturated heterocycles. The normalized spacial score (nSPS) is 19.9. The minimum Gasteiger partial charge on any atom is -0.508 e. The molecule has 0 spiro atoms. The van der Waals surface area contributed by atoms with Gasteiger partial charge >= 0.3 is 0 Å². The summed E-state index contributed by atoms with van der Waals surface area (Å²) in [5, 5.41) is 23.5. The van der Waals surface area contributed by atoms with E-state index in [1.165, 1.54) is 12.1 Å². The second kappa shape index (κ2) is 6.58. The van der Waals surface area contributed by atoms with Crippen LogP contribution in [0, 0.1) is 0 Å². The summed E-state index contributed by atoms with van der Waals surface area (Å²) >= 11 is 6.44. The van der Waals surface area contributed by atoms with Crippen molar-refractivity contribution in [1.29, 1.82) is 0 Å². The minimum atomic E-state index is -1.12. The Bertz CT molecular complexity index is 820. The third kappa shape index (κ3) is 2.73. The predicted octanol–water partition coefficient (Wildman–Crippen LogP) is 2.23. The monoisotopic (exact) mass is 360 g/mol. The smallest absolute Gasteiger partial charge is 0.233 e. The second-order valence-electron chi connectivity index (χ2n) is 6.32. The van der Waals surface area contributed by atoms with Crippen molar-refractivity contribution in [2.24, 2.45) is 5.73 Å². The number of aromatic hydroxyl groups is 2. The Morgan fingerprint density at radius 1 is 1.32 bits per heavy atom. The lowest BCUT2D eigenvalue weighted by atomic mass is 9.71. The van der Waals surface area contributed by atoms with Crippen LogP contribution in [0.1, 0.15) is 29.2 Å². The first kappa shape index (κ1) is 17.6. The predicted molar refractivity (Wildman–Crippen MR) is 97.1 cm³/mol. The highest BCUT2D eigenvalue weighted by Gasteiger charge is 2.44. The zero-order valence-corrected chi connectivity index (χ0v) is 14.7. The molecule has 0 fully saturated rings. The number of halogens is 1. The van der Waals surface area contributed by atoms with Crippen LogP contribution in [-0.4, -0.2) is 29.2 Å². The number of carbonyl (C=O) groups excluding carboxylic acids is 1. The maximum Gasteiger partial charge on any atom is 0.233 e. The van der Waals surface area contributed by atoms with Crippen LogP contribution >= 0.6 is 11.6 Å². The molecule has 2 aromatic carbocycles. The number of rotatable bonds is 3. The van der Waals surface area contributed by atoms with Crippen LogP contribution in [0.15, 0.2) is 30.3 Å². The second-order valence-corrected chi connectivity index (χ2v) is 6.70. The van der Waals surface area contributed by atoms with E-state index in [-0.39, 0.29) is 16.5 Å². The number of benzene rings is 2. The minimum absolute atomic E-state index is 0.0638. The van der Waals surface area contributed by atoms with Crippen molar-refractivity contribution in [2.75, 3.05) is 13.1 Å². The molecule has 132 valence electrons. The number of aryl methyl sites for hydroxylation is 1. The number of hydrogen-bond donors (Lipinski definition) is 4. The average molecular weight is 361 g/mol. The molecule has 0 bridgehead atoms. The Labute approximate surface area is 151 Å². The van der Waals surface area contributed by atoms with Gasteiger partial charge in [-0.25, -0.2) is 0 Å². The van der Waals surface area contributed by atoms with Gasteiger partial charge in [0.05, 0.1) is 5.02 Å². The van der Waals surface area contributed by atoms with Gasteiger partial charge in [0.2, 0.25) is 5.91 Å². The number of fused-ring (bicyclic) bond motifs is 1. The van der Waals surface area contributed by atoms with Crippen LogP contribution in [0.3, 0.4) is 0 Å². The molecule has 0 aromatic heterocycles. The molecule has 1 aliphatic heterocycles. The van der Waals surface area contributed by atoms with E-state index in [2.05, 4.69) is 5.32 Å². The fourth-order valence-corrected chi connectivity index (χ4v) is 3.89. The molecule has 1 heterocycles. The molecule has 0 radical (unpaired) electrons. The van der Waals surface area contributed by atoms with Crippen LogP contribution < -0.4 is 11.1 Å². The summed E-state index contributed by atoms with van der Waals surface area (Å²) in [6.45, 7) is 2.86. The van der Waals surface area contributed by atoms with Crippen LogP contribution in [0.5, 0.6) is 11.5 Å². The Morgan fingerprint density at radius 2 is 2.00 bits per heavy atom. The lowest BCUT2D eigenvalue weighted by molar-refractivity contribution is -0.122. The molecule has 5 nitrogen and oxygen atoms in total. The van der Waals surface area contributed by atoms with E-state index in [9.17, 15) is 15.0 Å². The lowest BCUT2D eigenvalue weighted by Gasteiger charge is -2.33. The summed E-state index contributed by atoms with van der Waals surface area (Å²) in [4.78, 5) is 12.7. The van der Waals surface area contributed by atoms with Crippen molar-refractivity contribution in [3.05, 3.63) is 57.6 Å². The number of amides is 1. The molecule has 5 N–H and O–H groups in total. The van der Waals surface area contributed by atoms with E-state index >= 15 is 0 Å². The van der Waals surface area contributed by atoms with Gasteiger partial charge in [0.1, 0.15) is 16.9 Å². The summed E-state index contributed by atoms with van der Waals surface area (Å²) in [5.74, 6) is -0.324. The van der Waals surface area contributed by atoms with Gasteiger partial charge in [0.25, 0.3) is 0 Å². The molecule has 2 aromatic rings. The first-order valence-electron chi connectivity index (χ1n) is 8.25. The molecule has 1 atom stereocenters. The summed E-state index contributed by atoms with van der Waals surface area (Å²) in [6.07, 6.45) is 1.16. The molecule has 3 rings (SSSR count). The summed E-state index contributed by atoms with van der Waals surface area (Å²) < 4.78 is 0. The van der Waals surface area contributed by atoms with E-state index < -0.39 is 11.3 Å². The van der Waals surface area contributed by atoms with Crippen LogP contribution in [-0.2, 0) is 23.1 Å².